The fourth-order valence-corrected chi connectivity index (χ4v) is 2.00. The quantitative estimate of drug-likeness (QED) is 0.580. The normalized spacial score (nSPS) is 16.5. The summed E-state index contributed by atoms with van der Waals surface area (Å²) in [4.78, 5) is 0. The van der Waals surface area contributed by atoms with Gasteiger partial charge in [-0.05, 0) is 30.9 Å². The maximum absolute atomic E-state index is 13.8. The van der Waals surface area contributed by atoms with E-state index in [4.69, 9.17) is 0 Å². The Morgan fingerprint density at radius 2 is 2.11 bits per heavy atom. The monoisotopic (exact) mass is 258 g/mol. The van der Waals surface area contributed by atoms with E-state index in [1.54, 1.807) is 18.2 Å². The molecule has 0 saturated heterocycles. The fraction of sp³-hybridized carbons (Fsp3) is 0.294. The van der Waals surface area contributed by atoms with Crippen molar-refractivity contribution in [2.24, 2.45) is 5.92 Å². The van der Waals surface area contributed by atoms with Crippen LogP contribution in [0.5, 0.6) is 0 Å². The summed E-state index contributed by atoms with van der Waals surface area (Å²) in [6.45, 7) is 5.98. The molecule has 100 valence electrons. The van der Waals surface area contributed by atoms with E-state index in [0.29, 0.717) is 22.5 Å². The van der Waals surface area contributed by atoms with E-state index >= 15 is 0 Å². The number of halogens is 1. The molecule has 0 aromatic heterocycles. The van der Waals surface area contributed by atoms with E-state index in [0.717, 1.165) is 19.3 Å². The minimum atomic E-state index is -0.307. The van der Waals surface area contributed by atoms with Gasteiger partial charge in [-0.1, -0.05) is 43.9 Å². The number of aliphatic hydroxyl groups excluding tert-OH is 1. The third-order valence-corrected chi connectivity index (χ3v) is 3.28. The van der Waals surface area contributed by atoms with Crippen molar-refractivity contribution in [3.63, 3.8) is 0 Å². The molecule has 2 heteroatoms. The Labute approximate surface area is 113 Å². The lowest BCUT2D eigenvalue weighted by molar-refractivity contribution is 0.376. The second-order valence-corrected chi connectivity index (χ2v) is 4.84. The lowest BCUT2D eigenvalue weighted by Gasteiger charge is -2.11. The van der Waals surface area contributed by atoms with Gasteiger partial charge < -0.3 is 5.11 Å². The van der Waals surface area contributed by atoms with Crippen molar-refractivity contribution < 1.29 is 9.50 Å². The van der Waals surface area contributed by atoms with Crippen LogP contribution in [0.4, 0.5) is 4.39 Å². The summed E-state index contributed by atoms with van der Waals surface area (Å²) in [6, 6.07) is 6.53. The fourth-order valence-electron chi connectivity index (χ4n) is 2.00. The first-order valence-corrected chi connectivity index (χ1v) is 6.69. The topological polar surface area (TPSA) is 20.2 Å². The molecule has 1 fully saturated rings. The van der Waals surface area contributed by atoms with E-state index < -0.39 is 0 Å². The van der Waals surface area contributed by atoms with Gasteiger partial charge in [-0.25, -0.2) is 4.39 Å². The SMILES string of the molecule is C=C(C(/C=C/CC)=C(\O)C1CC1)c1ccccc1F. The van der Waals surface area contributed by atoms with Gasteiger partial charge in [-0.2, -0.15) is 0 Å². The minimum absolute atomic E-state index is 0.222. The maximum Gasteiger partial charge on any atom is 0.131 e. The van der Waals surface area contributed by atoms with Gasteiger partial charge in [-0.3, -0.25) is 0 Å². The molecule has 1 N–H and O–H groups in total. The Morgan fingerprint density at radius 1 is 1.42 bits per heavy atom. The molecule has 0 unspecified atom stereocenters. The summed E-state index contributed by atoms with van der Waals surface area (Å²) in [5.74, 6) is 0.261. The molecule has 0 atom stereocenters. The highest BCUT2D eigenvalue weighted by atomic mass is 19.1. The molecular weight excluding hydrogens is 239 g/mol. The van der Waals surface area contributed by atoms with Crippen LogP contribution < -0.4 is 0 Å². The highest BCUT2D eigenvalue weighted by Crippen LogP contribution is 2.39. The van der Waals surface area contributed by atoms with Crippen molar-refractivity contribution in [3.05, 3.63) is 65.7 Å². The van der Waals surface area contributed by atoms with Crippen LogP contribution in [0.3, 0.4) is 0 Å². The largest absolute Gasteiger partial charge is 0.511 e. The van der Waals surface area contributed by atoms with Crippen LogP contribution >= 0.6 is 0 Å². The smallest absolute Gasteiger partial charge is 0.131 e. The molecule has 1 aromatic carbocycles. The Morgan fingerprint density at radius 3 is 2.68 bits per heavy atom. The van der Waals surface area contributed by atoms with E-state index in [1.165, 1.54) is 6.07 Å². The Bertz CT molecular complexity index is 536. The predicted octanol–water partition coefficient (Wildman–Crippen LogP) is 5.03. The number of rotatable bonds is 5. The van der Waals surface area contributed by atoms with Crippen LogP contribution in [-0.4, -0.2) is 5.11 Å². The van der Waals surface area contributed by atoms with Crippen LogP contribution in [0.25, 0.3) is 5.57 Å². The van der Waals surface area contributed by atoms with Crippen molar-refractivity contribution in [1.29, 1.82) is 0 Å². The number of hydrogen-bond acceptors (Lipinski definition) is 1. The zero-order valence-corrected chi connectivity index (χ0v) is 11.2. The zero-order chi connectivity index (χ0) is 13.8. The molecule has 0 spiro atoms. The number of allylic oxidation sites excluding steroid dienone is 5. The third kappa shape index (κ3) is 3.14. The summed E-state index contributed by atoms with van der Waals surface area (Å²) >= 11 is 0. The maximum atomic E-state index is 13.8. The molecule has 0 aliphatic heterocycles. The molecule has 19 heavy (non-hydrogen) atoms. The summed E-state index contributed by atoms with van der Waals surface area (Å²) < 4.78 is 13.8. The van der Waals surface area contributed by atoms with Crippen LogP contribution in [0.2, 0.25) is 0 Å². The van der Waals surface area contributed by atoms with Gasteiger partial charge in [0.05, 0.1) is 0 Å². The van der Waals surface area contributed by atoms with Gasteiger partial charge in [-0.15, -0.1) is 0 Å². The molecule has 1 aromatic rings. The minimum Gasteiger partial charge on any atom is -0.511 e. The first-order valence-electron chi connectivity index (χ1n) is 6.69. The molecule has 0 bridgehead atoms. The highest BCUT2D eigenvalue weighted by Gasteiger charge is 2.28. The van der Waals surface area contributed by atoms with E-state index in [9.17, 15) is 9.50 Å². The summed E-state index contributed by atoms with van der Waals surface area (Å²) in [7, 11) is 0. The van der Waals surface area contributed by atoms with Crippen molar-refractivity contribution in [2.45, 2.75) is 26.2 Å². The second kappa shape index (κ2) is 5.87. The summed E-state index contributed by atoms with van der Waals surface area (Å²) in [6.07, 6.45) is 6.67. The first kappa shape index (κ1) is 13.6. The first-order chi connectivity index (χ1) is 9.15. The highest BCUT2D eigenvalue weighted by molar-refractivity contribution is 5.81. The Balaban J connectivity index is 2.39. The zero-order valence-electron chi connectivity index (χ0n) is 11.2. The van der Waals surface area contributed by atoms with Crippen LogP contribution in [0, 0.1) is 11.7 Å². The number of aliphatic hydroxyl groups is 1. The molecule has 0 heterocycles. The molecule has 0 amide bonds. The van der Waals surface area contributed by atoms with Gasteiger partial charge in [0.25, 0.3) is 0 Å². The lowest BCUT2D eigenvalue weighted by atomic mass is 9.96. The molecule has 1 aliphatic rings. The number of benzene rings is 1. The average molecular weight is 258 g/mol. The van der Waals surface area contributed by atoms with Crippen LogP contribution in [0.15, 0.2) is 54.3 Å². The van der Waals surface area contributed by atoms with Gasteiger partial charge >= 0.3 is 0 Å². The van der Waals surface area contributed by atoms with Gasteiger partial charge in [0.2, 0.25) is 0 Å². The molecule has 1 aliphatic carbocycles. The summed E-state index contributed by atoms with van der Waals surface area (Å²) in [5.41, 5.74) is 1.66. The van der Waals surface area contributed by atoms with Gasteiger partial charge in [0, 0.05) is 17.1 Å². The van der Waals surface area contributed by atoms with E-state index in [-0.39, 0.29) is 11.7 Å². The lowest BCUT2D eigenvalue weighted by Crippen LogP contribution is -1.97. The molecular formula is C17H19FO. The Hall–Kier alpha value is -1.83. The van der Waals surface area contributed by atoms with Crippen molar-refractivity contribution >= 4 is 5.57 Å². The van der Waals surface area contributed by atoms with Crippen LogP contribution in [0.1, 0.15) is 31.7 Å². The Kier molecular flexibility index (Phi) is 4.20. The molecule has 1 nitrogen and oxygen atoms in total. The van der Waals surface area contributed by atoms with E-state index in [1.807, 2.05) is 19.1 Å². The number of hydrogen-bond donors (Lipinski definition) is 1. The van der Waals surface area contributed by atoms with Crippen LogP contribution in [-0.2, 0) is 0 Å². The van der Waals surface area contributed by atoms with Gasteiger partial charge in [0.1, 0.15) is 11.6 Å². The third-order valence-electron chi connectivity index (χ3n) is 3.28. The van der Waals surface area contributed by atoms with Crippen molar-refractivity contribution in [3.8, 4) is 0 Å². The van der Waals surface area contributed by atoms with Crippen molar-refractivity contribution in [2.75, 3.05) is 0 Å². The molecule has 0 radical (unpaired) electrons. The molecule has 1 saturated carbocycles. The average Bonchev–Trinajstić information content (AvgIpc) is 3.23. The predicted molar refractivity (Wildman–Crippen MR) is 77.2 cm³/mol. The second-order valence-electron chi connectivity index (χ2n) is 4.84. The van der Waals surface area contributed by atoms with Gasteiger partial charge in [0.15, 0.2) is 0 Å². The summed E-state index contributed by atoms with van der Waals surface area (Å²) in [5, 5.41) is 10.2. The standard InChI is InChI=1S/C17H19FO/c1-3-4-7-15(17(19)13-10-11-13)12(2)14-8-5-6-9-16(14)18/h4-9,13,19H,2-3,10-11H2,1H3/b7-4+,17-15-. The van der Waals surface area contributed by atoms with Crippen molar-refractivity contribution in [1.82, 2.24) is 0 Å². The molecule has 2 rings (SSSR count). The van der Waals surface area contributed by atoms with E-state index in [2.05, 4.69) is 6.58 Å².